The van der Waals surface area contributed by atoms with Crippen molar-refractivity contribution < 1.29 is 49.0 Å². The Bertz CT molecular complexity index is 1330. The zero-order valence-corrected chi connectivity index (χ0v) is 22.7. The Balaban J connectivity index is 2.69. The van der Waals surface area contributed by atoms with Crippen LogP contribution in [0.15, 0.2) is 12.1 Å². The van der Waals surface area contributed by atoms with E-state index in [2.05, 4.69) is 0 Å². The van der Waals surface area contributed by atoms with Crippen molar-refractivity contribution in [3.05, 3.63) is 75.9 Å². The molecular weight excluding hydrogens is 565 g/mol. The van der Waals surface area contributed by atoms with Crippen LogP contribution in [0.1, 0.15) is 26.3 Å². The van der Waals surface area contributed by atoms with Crippen molar-refractivity contribution in [2.24, 2.45) is 0 Å². The average Bonchev–Trinajstić information content (AvgIpc) is 2.81. The molecule has 206 valence electrons. The van der Waals surface area contributed by atoms with Crippen LogP contribution in [-0.2, 0) is 5.41 Å². The smallest absolute Gasteiger partial charge is 0.200 e. The number of aromatic hydroxyl groups is 1. The number of halogens is 10. The van der Waals surface area contributed by atoms with Crippen LogP contribution in [-0.4, -0.2) is 13.2 Å². The molecule has 3 rings (SSSR count). The standard InChI is InChI=1S/C25H21F10OPSi/c1-25(2,3)10-7-9(38(4,5)6)8-11(22(10)36)37(23-18(32)14(28)12(26)15(29)19(23)33)24-20(34)16(30)13(27)17(31)21(24)35/h7-8,36H,1-6H3. The molecule has 3 aromatic rings. The van der Waals surface area contributed by atoms with Crippen LogP contribution in [0.5, 0.6) is 5.75 Å². The van der Waals surface area contributed by atoms with Crippen molar-refractivity contribution >= 4 is 37.1 Å². The van der Waals surface area contributed by atoms with Gasteiger partial charge in [0, 0.05) is 13.2 Å². The lowest BCUT2D eigenvalue weighted by molar-refractivity contribution is 0.383. The second-order valence-corrected chi connectivity index (χ2v) is 17.7. The molecule has 0 aromatic heterocycles. The Morgan fingerprint density at radius 3 is 1.18 bits per heavy atom. The van der Waals surface area contributed by atoms with Gasteiger partial charge in [-0.15, -0.1) is 0 Å². The average molecular weight is 586 g/mol. The molecule has 0 spiro atoms. The van der Waals surface area contributed by atoms with Gasteiger partial charge in [-0.1, -0.05) is 57.7 Å². The van der Waals surface area contributed by atoms with E-state index in [1.165, 1.54) is 6.07 Å². The molecule has 1 N–H and O–H groups in total. The molecule has 3 aromatic carbocycles. The van der Waals surface area contributed by atoms with Crippen molar-refractivity contribution in [2.45, 2.75) is 45.8 Å². The lowest BCUT2D eigenvalue weighted by Gasteiger charge is -2.30. The summed E-state index contributed by atoms with van der Waals surface area (Å²) in [4.78, 5) is 0. The number of phenols is 1. The van der Waals surface area contributed by atoms with E-state index in [-0.39, 0.29) is 5.56 Å². The number of benzene rings is 3. The summed E-state index contributed by atoms with van der Waals surface area (Å²) in [6.07, 6.45) is 0. The first-order valence-corrected chi connectivity index (χ1v) is 15.8. The zero-order chi connectivity index (χ0) is 29.2. The molecule has 0 saturated carbocycles. The molecule has 0 heterocycles. The number of hydrogen-bond donors (Lipinski definition) is 1. The summed E-state index contributed by atoms with van der Waals surface area (Å²) in [6.45, 7) is 10.1. The van der Waals surface area contributed by atoms with Crippen LogP contribution in [0, 0.1) is 58.2 Å². The van der Waals surface area contributed by atoms with E-state index in [1.54, 1.807) is 40.4 Å². The monoisotopic (exact) mass is 586 g/mol. The van der Waals surface area contributed by atoms with Gasteiger partial charge in [0.2, 0.25) is 11.6 Å². The Morgan fingerprint density at radius 2 is 0.895 bits per heavy atom. The third kappa shape index (κ3) is 4.81. The highest BCUT2D eigenvalue weighted by Gasteiger charge is 2.40. The van der Waals surface area contributed by atoms with E-state index in [1.807, 2.05) is 0 Å². The van der Waals surface area contributed by atoms with E-state index in [0.717, 1.165) is 6.07 Å². The second kappa shape index (κ2) is 9.86. The molecule has 0 unspecified atom stereocenters. The quantitative estimate of drug-likeness (QED) is 0.124. The van der Waals surface area contributed by atoms with Crippen LogP contribution in [0.25, 0.3) is 0 Å². The molecule has 38 heavy (non-hydrogen) atoms. The number of rotatable bonds is 4. The van der Waals surface area contributed by atoms with E-state index in [9.17, 15) is 31.4 Å². The van der Waals surface area contributed by atoms with Crippen LogP contribution in [0.4, 0.5) is 43.9 Å². The number of hydrogen-bond acceptors (Lipinski definition) is 1. The van der Waals surface area contributed by atoms with Crippen molar-refractivity contribution in [1.82, 2.24) is 0 Å². The normalized spacial score (nSPS) is 12.6. The van der Waals surface area contributed by atoms with Gasteiger partial charge in [-0.3, -0.25) is 0 Å². The van der Waals surface area contributed by atoms with Crippen molar-refractivity contribution in [1.29, 1.82) is 0 Å². The van der Waals surface area contributed by atoms with Crippen molar-refractivity contribution in [3.8, 4) is 5.75 Å². The second-order valence-electron chi connectivity index (χ2n) is 10.6. The molecule has 13 heteroatoms. The molecule has 0 amide bonds. The van der Waals surface area contributed by atoms with Gasteiger partial charge >= 0.3 is 0 Å². The molecular formula is C25H21F10OPSi. The molecule has 0 aliphatic rings. The lowest BCUT2D eigenvalue weighted by Crippen LogP contribution is -2.42. The fourth-order valence-corrected chi connectivity index (χ4v) is 7.49. The van der Waals surface area contributed by atoms with Crippen molar-refractivity contribution in [2.75, 3.05) is 0 Å². The molecule has 0 aliphatic carbocycles. The maximum Gasteiger partial charge on any atom is 0.200 e. The van der Waals surface area contributed by atoms with Crippen LogP contribution >= 0.6 is 7.92 Å². The van der Waals surface area contributed by atoms with Gasteiger partial charge in [-0.05, 0) is 11.0 Å². The fourth-order valence-electron chi connectivity index (χ4n) is 3.73. The van der Waals surface area contributed by atoms with Crippen LogP contribution < -0.4 is 21.1 Å². The highest BCUT2D eigenvalue weighted by Crippen LogP contribution is 2.44. The minimum Gasteiger partial charge on any atom is -0.507 e. The Labute approximate surface area is 213 Å². The van der Waals surface area contributed by atoms with Gasteiger partial charge in [0.1, 0.15) is 5.75 Å². The summed E-state index contributed by atoms with van der Waals surface area (Å²) in [5.74, 6) is -26.1. The van der Waals surface area contributed by atoms with E-state index in [0.29, 0.717) is 5.19 Å². The molecule has 1 nitrogen and oxygen atoms in total. The molecule has 0 atom stereocenters. The minimum atomic E-state index is -3.79. The summed E-state index contributed by atoms with van der Waals surface area (Å²) < 4.78 is 145. The lowest BCUT2D eigenvalue weighted by atomic mass is 9.86. The summed E-state index contributed by atoms with van der Waals surface area (Å²) >= 11 is 0. The van der Waals surface area contributed by atoms with Gasteiger partial charge in [0.05, 0.1) is 18.7 Å². The maximum absolute atomic E-state index is 15.1. The van der Waals surface area contributed by atoms with E-state index < -0.39 is 101 Å². The first kappa shape index (κ1) is 30.0. The molecule has 0 fully saturated rings. The summed E-state index contributed by atoms with van der Waals surface area (Å²) in [5.41, 5.74) is -0.880. The summed E-state index contributed by atoms with van der Waals surface area (Å²) in [7, 11) is -6.24. The van der Waals surface area contributed by atoms with E-state index in [4.69, 9.17) is 0 Å². The predicted molar refractivity (Wildman–Crippen MR) is 128 cm³/mol. The van der Waals surface area contributed by atoms with Gasteiger partial charge in [-0.2, -0.15) is 0 Å². The Hall–Kier alpha value is -2.59. The Morgan fingerprint density at radius 1 is 0.579 bits per heavy atom. The fraction of sp³-hybridized carbons (Fsp3) is 0.280. The largest absolute Gasteiger partial charge is 0.507 e. The van der Waals surface area contributed by atoms with Crippen LogP contribution in [0.3, 0.4) is 0 Å². The molecule has 0 radical (unpaired) electrons. The van der Waals surface area contributed by atoms with Gasteiger partial charge in [-0.25, -0.2) is 43.9 Å². The van der Waals surface area contributed by atoms with Crippen molar-refractivity contribution in [3.63, 3.8) is 0 Å². The highest BCUT2D eigenvalue weighted by molar-refractivity contribution is 7.80. The van der Waals surface area contributed by atoms with Gasteiger partial charge < -0.3 is 5.11 Å². The summed E-state index contributed by atoms with van der Waals surface area (Å²) in [6, 6.07) is 2.58. The van der Waals surface area contributed by atoms with Gasteiger partial charge in [0.15, 0.2) is 46.5 Å². The number of phenolic OH excluding ortho intramolecular Hbond substituents is 1. The molecule has 0 aliphatic heterocycles. The third-order valence-electron chi connectivity index (χ3n) is 5.83. The maximum atomic E-state index is 15.1. The highest BCUT2D eigenvalue weighted by atomic mass is 31.1. The minimum absolute atomic E-state index is 0.0627. The third-order valence-corrected chi connectivity index (χ3v) is 10.3. The first-order chi connectivity index (χ1) is 17.2. The molecule has 0 bridgehead atoms. The SMILES string of the molecule is CC(C)(C)c1cc([Si](C)(C)C)cc(P(c2c(F)c(F)c(F)c(F)c2F)c2c(F)c(F)c(F)c(F)c2F)c1O. The van der Waals surface area contributed by atoms with Gasteiger partial charge in [0.25, 0.3) is 0 Å². The van der Waals surface area contributed by atoms with E-state index >= 15 is 17.6 Å². The summed E-state index contributed by atoms with van der Waals surface area (Å²) in [5, 5.41) is 7.19. The Kier molecular flexibility index (Phi) is 7.77. The predicted octanol–water partition coefficient (Wildman–Crippen LogP) is 6.38. The topological polar surface area (TPSA) is 20.2 Å². The zero-order valence-electron chi connectivity index (χ0n) is 20.8. The first-order valence-electron chi connectivity index (χ1n) is 10.9. The molecule has 0 saturated heterocycles. The van der Waals surface area contributed by atoms with Crippen LogP contribution in [0.2, 0.25) is 19.6 Å².